The lowest BCUT2D eigenvalue weighted by Crippen LogP contribution is -2.44. The second-order valence-corrected chi connectivity index (χ2v) is 6.84. The molecule has 0 aliphatic rings. The second kappa shape index (κ2) is 6.65. The van der Waals surface area contributed by atoms with E-state index in [1.165, 1.54) is 18.2 Å². The Bertz CT molecular complexity index is 554. The molecule has 4 nitrogen and oxygen atoms in total. The Morgan fingerprint density at radius 3 is 2.35 bits per heavy atom. The van der Waals surface area contributed by atoms with E-state index in [4.69, 9.17) is 0 Å². The maximum Gasteiger partial charge on any atom is 0.241 e. The summed E-state index contributed by atoms with van der Waals surface area (Å²) in [6.07, 6.45) is 1.38. The van der Waals surface area contributed by atoms with Gasteiger partial charge in [0.25, 0.3) is 0 Å². The molecule has 0 bridgehead atoms. The molecule has 1 rings (SSSR count). The molecule has 20 heavy (non-hydrogen) atoms. The lowest BCUT2D eigenvalue weighted by atomic mass is 9.98. The molecule has 6 heteroatoms. The average Bonchev–Trinajstić information content (AvgIpc) is 2.40. The van der Waals surface area contributed by atoms with Gasteiger partial charge in [-0.25, -0.2) is 17.5 Å². The van der Waals surface area contributed by atoms with Crippen molar-refractivity contribution >= 4 is 10.0 Å². The van der Waals surface area contributed by atoms with E-state index in [-0.39, 0.29) is 11.4 Å². The van der Waals surface area contributed by atoms with Gasteiger partial charge in [-0.15, -0.1) is 0 Å². The van der Waals surface area contributed by atoms with Crippen molar-refractivity contribution < 1.29 is 12.8 Å². The Morgan fingerprint density at radius 2 is 1.85 bits per heavy atom. The molecule has 114 valence electrons. The highest BCUT2D eigenvalue weighted by atomic mass is 32.2. The quantitative estimate of drug-likeness (QED) is 0.813. The smallest absolute Gasteiger partial charge is 0.241 e. The van der Waals surface area contributed by atoms with Crippen LogP contribution >= 0.6 is 0 Å². The standard InChI is InChI=1S/C14H23FN2O2S/c1-5-14(3,6-2)17-20(18,19)12-7-8-13(15)11(9-12)10-16-4/h7-9,16-17H,5-6,10H2,1-4H3. The van der Waals surface area contributed by atoms with Gasteiger partial charge < -0.3 is 5.32 Å². The summed E-state index contributed by atoms with van der Waals surface area (Å²) in [6.45, 7) is 6.02. The molecule has 0 aromatic heterocycles. The number of halogens is 1. The molecule has 1 aromatic rings. The Labute approximate surface area is 120 Å². The average molecular weight is 302 g/mol. The van der Waals surface area contributed by atoms with Crippen LogP contribution in [0.4, 0.5) is 4.39 Å². The van der Waals surface area contributed by atoms with Crippen LogP contribution in [0.3, 0.4) is 0 Å². The van der Waals surface area contributed by atoms with Gasteiger partial charge in [0.2, 0.25) is 10.0 Å². The fourth-order valence-electron chi connectivity index (χ4n) is 1.82. The van der Waals surface area contributed by atoms with E-state index < -0.39 is 21.4 Å². The molecule has 1 aromatic carbocycles. The maximum absolute atomic E-state index is 13.6. The number of hydrogen-bond acceptors (Lipinski definition) is 3. The molecule has 0 atom stereocenters. The summed E-state index contributed by atoms with van der Waals surface area (Å²) in [6, 6.07) is 3.86. The predicted molar refractivity (Wildman–Crippen MR) is 78.5 cm³/mol. The molecule has 2 N–H and O–H groups in total. The van der Waals surface area contributed by atoms with Gasteiger partial charge in [-0.1, -0.05) is 13.8 Å². The van der Waals surface area contributed by atoms with Crippen LogP contribution in [0.2, 0.25) is 0 Å². The summed E-state index contributed by atoms with van der Waals surface area (Å²) in [5.41, 5.74) is -0.152. The zero-order valence-corrected chi connectivity index (χ0v) is 13.3. The Hall–Kier alpha value is -0.980. The molecule has 0 aliphatic heterocycles. The van der Waals surface area contributed by atoms with Gasteiger partial charge in [-0.3, -0.25) is 0 Å². The topological polar surface area (TPSA) is 58.2 Å². The molecule has 0 saturated heterocycles. The molecule has 0 fully saturated rings. The summed E-state index contributed by atoms with van der Waals surface area (Å²) >= 11 is 0. The molecule has 0 aliphatic carbocycles. The van der Waals surface area contributed by atoms with Gasteiger partial charge in [-0.05, 0) is 45.0 Å². The van der Waals surface area contributed by atoms with Crippen molar-refractivity contribution in [2.75, 3.05) is 7.05 Å². The van der Waals surface area contributed by atoms with Crippen molar-refractivity contribution in [3.05, 3.63) is 29.6 Å². The first kappa shape index (κ1) is 17.1. The minimum absolute atomic E-state index is 0.0947. The largest absolute Gasteiger partial charge is 0.316 e. The Morgan fingerprint density at radius 1 is 1.25 bits per heavy atom. The van der Waals surface area contributed by atoms with Crippen molar-refractivity contribution in [1.29, 1.82) is 0 Å². The Kier molecular flexibility index (Phi) is 5.68. The van der Waals surface area contributed by atoms with Crippen LogP contribution in [0, 0.1) is 5.82 Å². The highest BCUT2D eigenvalue weighted by Crippen LogP contribution is 2.20. The molecule has 0 heterocycles. The van der Waals surface area contributed by atoms with Gasteiger partial charge >= 0.3 is 0 Å². The van der Waals surface area contributed by atoms with Gasteiger partial charge in [0.1, 0.15) is 5.82 Å². The summed E-state index contributed by atoms with van der Waals surface area (Å²) in [5.74, 6) is -0.410. The van der Waals surface area contributed by atoms with E-state index >= 15 is 0 Å². The van der Waals surface area contributed by atoms with Gasteiger partial charge in [-0.2, -0.15) is 0 Å². The van der Waals surface area contributed by atoms with E-state index in [2.05, 4.69) is 10.0 Å². The fraction of sp³-hybridized carbons (Fsp3) is 0.571. The summed E-state index contributed by atoms with van der Waals surface area (Å²) in [7, 11) is -1.96. The molecule has 0 saturated carbocycles. The zero-order chi connectivity index (χ0) is 15.4. The van der Waals surface area contributed by atoms with Crippen LogP contribution < -0.4 is 10.0 Å². The maximum atomic E-state index is 13.6. The van der Waals surface area contributed by atoms with E-state index in [0.717, 1.165) is 0 Å². The summed E-state index contributed by atoms with van der Waals surface area (Å²) < 4.78 is 41.0. The highest BCUT2D eigenvalue weighted by molar-refractivity contribution is 7.89. The third kappa shape index (κ3) is 4.01. The molecular formula is C14H23FN2O2S. The highest BCUT2D eigenvalue weighted by Gasteiger charge is 2.27. The molecule has 0 spiro atoms. The van der Waals surface area contributed by atoms with E-state index in [1.807, 2.05) is 20.8 Å². The monoisotopic (exact) mass is 302 g/mol. The lowest BCUT2D eigenvalue weighted by molar-refractivity contribution is 0.388. The number of benzene rings is 1. The second-order valence-electron chi connectivity index (χ2n) is 5.16. The molecule has 0 radical (unpaired) electrons. The van der Waals surface area contributed by atoms with Gasteiger partial charge in [0, 0.05) is 17.6 Å². The minimum atomic E-state index is -3.64. The van der Waals surface area contributed by atoms with Gasteiger partial charge in [0.05, 0.1) is 4.90 Å². The first-order valence-electron chi connectivity index (χ1n) is 6.75. The zero-order valence-electron chi connectivity index (χ0n) is 12.5. The van der Waals surface area contributed by atoms with Crippen molar-refractivity contribution in [2.45, 2.75) is 50.6 Å². The van der Waals surface area contributed by atoms with Crippen molar-refractivity contribution in [1.82, 2.24) is 10.0 Å². The van der Waals surface area contributed by atoms with Crippen LogP contribution in [0.1, 0.15) is 39.2 Å². The fourth-order valence-corrected chi connectivity index (χ4v) is 3.42. The summed E-state index contributed by atoms with van der Waals surface area (Å²) in [5, 5.41) is 2.82. The van der Waals surface area contributed by atoms with Crippen LogP contribution in [0.25, 0.3) is 0 Å². The van der Waals surface area contributed by atoms with Crippen LogP contribution in [0.15, 0.2) is 23.1 Å². The van der Waals surface area contributed by atoms with Gasteiger partial charge in [0.15, 0.2) is 0 Å². The molecule has 0 unspecified atom stereocenters. The van der Waals surface area contributed by atoms with Crippen molar-refractivity contribution in [2.24, 2.45) is 0 Å². The SMILES string of the molecule is CCC(C)(CC)NS(=O)(=O)c1ccc(F)c(CNC)c1. The van der Waals surface area contributed by atoms with Crippen LogP contribution in [-0.2, 0) is 16.6 Å². The van der Waals surface area contributed by atoms with E-state index in [0.29, 0.717) is 18.4 Å². The number of nitrogens with one attached hydrogen (secondary N) is 2. The lowest BCUT2D eigenvalue weighted by Gasteiger charge is -2.27. The summed E-state index contributed by atoms with van der Waals surface area (Å²) in [4.78, 5) is 0.0947. The Balaban J connectivity index is 3.13. The number of hydrogen-bond donors (Lipinski definition) is 2. The number of rotatable bonds is 7. The molecular weight excluding hydrogens is 279 g/mol. The predicted octanol–water partition coefficient (Wildman–Crippen LogP) is 2.40. The van der Waals surface area contributed by atoms with Crippen LogP contribution in [-0.4, -0.2) is 21.0 Å². The third-order valence-corrected chi connectivity index (χ3v) is 5.27. The van der Waals surface area contributed by atoms with E-state index in [9.17, 15) is 12.8 Å². The first-order valence-corrected chi connectivity index (χ1v) is 8.23. The molecule has 0 amide bonds. The minimum Gasteiger partial charge on any atom is -0.316 e. The first-order chi connectivity index (χ1) is 9.28. The van der Waals surface area contributed by atoms with Crippen molar-refractivity contribution in [3.8, 4) is 0 Å². The van der Waals surface area contributed by atoms with Crippen LogP contribution in [0.5, 0.6) is 0 Å². The number of sulfonamides is 1. The third-order valence-electron chi connectivity index (χ3n) is 3.64. The normalized spacial score (nSPS) is 12.7. The van der Waals surface area contributed by atoms with Crippen molar-refractivity contribution in [3.63, 3.8) is 0 Å². The van der Waals surface area contributed by atoms with E-state index in [1.54, 1.807) is 7.05 Å².